The van der Waals surface area contributed by atoms with Crippen molar-refractivity contribution in [1.82, 2.24) is 4.90 Å². The number of carbonyl (C=O) groups excluding carboxylic acids is 2. The van der Waals surface area contributed by atoms with E-state index in [1.807, 2.05) is 47.4 Å². The van der Waals surface area contributed by atoms with Crippen LogP contribution in [-0.4, -0.2) is 41.6 Å². The molecule has 1 saturated carbocycles. The Morgan fingerprint density at radius 1 is 1.19 bits per heavy atom. The average molecular weight is 452 g/mol. The van der Waals surface area contributed by atoms with Crippen molar-refractivity contribution < 1.29 is 19.1 Å². The summed E-state index contributed by atoms with van der Waals surface area (Å²) < 4.78 is 10.8. The lowest BCUT2D eigenvalue weighted by molar-refractivity contribution is -0.123. The van der Waals surface area contributed by atoms with Gasteiger partial charge in [0.2, 0.25) is 0 Å². The number of benzene rings is 2. The highest BCUT2D eigenvalue weighted by molar-refractivity contribution is 8.18. The van der Waals surface area contributed by atoms with Crippen molar-refractivity contribution in [3.63, 3.8) is 0 Å². The summed E-state index contributed by atoms with van der Waals surface area (Å²) in [5.74, 6) is 0.285. The largest absolute Gasteiger partial charge is 0.493 e. The second-order valence-electron chi connectivity index (χ2n) is 7.62. The van der Waals surface area contributed by atoms with Gasteiger partial charge in [-0.2, -0.15) is 0 Å². The Kier molecular flexibility index (Phi) is 6.80. The predicted molar refractivity (Wildman–Crippen MR) is 126 cm³/mol. The van der Waals surface area contributed by atoms with E-state index < -0.39 is 5.91 Å². The van der Waals surface area contributed by atoms with Crippen LogP contribution in [0.2, 0.25) is 0 Å². The maximum absolute atomic E-state index is 13.3. The van der Waals surface area contributed by atoms with Crippen molar-refractivity contribution in [3.05, 3.63) is 59.0 Å². The number of thioether (sulfide) groups is 1. The molecule has 4 rings (SSSR count). The summed E-state index contributed by atoms with van der Waals surface area (Å²) in [6.07, 6.45) is 6.07. The van der Waals surface area contributed by atoms with Crippen LogP contribution in [-0.2, 0) is 9.59 Å². The van der Waals surface area contributed by atoms with E-state index in [4.69, 9.17) is 20.2 Å². The highest BCUT2D eigenvalue weighted by Gasteiger charge is 2.39. The zero-order valence-corrected chi connectivity index (χ0v) is 18.6. The fourth-order valence-corrected chi connectivity index (χ4v) is 4.91. The number of ether oxygens (including phenoxy) is 2. The fraction of sp³-hybridized carbons (Fsp3) is 0.292. The monoisotopic (exact) mass is 451 g/mol. The molecule has 2 N–H and O–H groups in total. The van der Waals surface area contributed by atoms with E-state index in [1.165, 1.54) is 18.9 Å². The molecule has 1 heterocycles. The number of hydrogen-bond donors (Lipinski definition) is 1. The van der Waals surface area contributed by atoms with Crippen molar-refractivity contribution in [1.29, 1.82) is 0 Å². The van der Waals surface area contributed by atoms with Gasteiger partial charge in [-0.05, 0) is 60.5 Å². The molecule has 0 spiro atoms. The molecular formula is C24H25N3O4S. The molecule has 2 fully saturated rings. The van der Waals surface area contributed by atoms with Gasteiger partial charge in [0.15, 0.2) is 23.3 Å². The van der Waals surface area contributed by atoms with Crippen molar-refractivity contribution >= 4 is 40.5 Å². The van der Waals surface area contributed by atoms with Gasteiger partial charge >= 0.3 is 0 Å². The molecule has 1 aliphatic heterocycles. The lowest BCUT2D eigenvalue weighted by Crippen LogP contribution is -2.37. The average Bonchev–Trinajstić information content (AvgIpc) is 3.41. The summed E-state index contributed by atoms with van der Waals surface area (Å²) in [4.78, 5) is 31.6. The summed E-state index contributed by atoms with van der Waals surface area (Å²) >= 11 is 1.39. The van der Waals surface area contributed by atoms with E-state index >= 15 is 0 Å². The Morgan fingerprint density at radius 3 is 2.62 bits per heavy atom. The molecule has 0 bridgehead atoms. The number of nitrogens with zero attached hydrogens (tertiary/aromatic N) is 2. The minimum Gasteiger partial charge on any atom is -0.493 e. The summed E-state index contributed by atoms with van der Waals surface area (Å²) in [5.41, 5.74) is 6.76. The summed E-state index contributed by atoms with van der Waals surface area (Å²) in [7, 11) is 1.52. The standard InChI is InChI=1S/C24H25N3O4S/c1-30-20-13-16(11-12-19(20)31-15-22(25)28)14-21-23(29)27(18-9-5-6-10-18)24(32-21)26-17-7-3-2-4-8-17/h2-4,7-8,11-14,18H,5-6,9-10,15H2,1H3,(H2,25,28). The number of amides is 2. The van der Waals surface area contributed by atoms with Crippen LogP contribution in [0.1, 0.15) is 31.2 Å². The number of aliphatic imine (C=N–C) groups is 1. The van der Waals surface area contributed by atoms with Gasteiger partial charge in [0.05, 0.1) is 17.7 Å². The van der Waals surface area contributed by atoms with E-state index in [-0.39, 0.29) is 18.6 Å². The molecule has 2 aliphatic rings. The first-order valence-corrected chi connectivity index (χ1v) is 11.3. The molecule has 32 heavy (non-hydrogen) atoms. The third-order valence-electron chi connectivity index (χ3n) is 5.36. The zero-order chi connectivity index (χ0) is 22.5. The predicted octanol–water partition coefficient (Wildman–Crippen LogP) is 4.11. The maximum Gasteiger partial charge on any atom is 0.267 e. The van der Waals surface area contributed by atoms with Crippen LogP contribution in [0.15, 0.2) is 58.4 Å². The van der Waals surface area contributed by atoms with Crippen molar-refractivity contribution in [3.8, 4) is 11.5 Å². The van der Waals surface area contributed by atoms with Crippen molar-refractivity contribution in [2.75, 3.05) is 13.7 Å². The summed E-state index contributed by atoms with van der Waals surface area (Å²) in [6, 6.07) is 15.1. The lowest BCUT2D eigenvalue weighted by atomic mass is 10.1. The zero-order valence-electron chi connectivity index (χ0n) is 17.8. The first-order valence-electron chi connectivity index (χ1n) is 10.5. The van der Waals surface area contributed by atoms with Gasteiger partial charge in [0, 0.05) is 6.04 Å². The van der Waals surface area contributed by atoms with E-state index in [2.05, 4.69) is 0 Å². The molecule has 1 aliphatic carbocycles. The quantitative estimate of drug-likeness (QED) is 0.640. The van der Waals surface area contributed by atoms with Crippen LogP contribution in [0, 0.1) is 0 Å². The molecule has 2 amide bonds. The number of carbonyl (C=O) groups is 2. The summed E-state index contributed by atoms with van der Waals surface area (Å²) in [6.45, 7) is -0.235. The lowest BCUT2D eigenvalue weighted by Gasteiger charge is -2.22. The number of hydrogen-bond acceptors (Lipinski definition) is 6. The Balaban J connectivity index is 1.63. The molecular weight excluding hydrogens is 426 g/mol. The van der Waals surface area contributed by atoms with Crippen LogP contribution < -0.4 is 15.2 Å². The Bertz CT molecular complexity index is 1060. The van der Waals surface area contributed by atoms with E-state index in [0.29, 0.717) is 21.6 Å². The number of methoxy groups -OCH3 is 1. The van der Waals surface area contributed by atoms with Gasteiger partial charge in [0.1, 0.15) is 0 Å². The molecule has 8 heteroatoms. The van der Waals surface area contributed by atoms with Crippen LogP contribution >= 0.6 is 11.8 Å². The molecule has 1 saturated heterocycles. The number of primary amides is 1. The maximum atomic E-state index is 13.3. The molecule has 0 unspecified atom stereocenters. The van der Waals surface area contributed by atoms with Crippen LogP contribution in [0.4, 0.5) is 5.69 Å². The number of amidine groups is 1. The molecule has 0 atom stereocenters. The van der Waals surface area contributed by atoms with Crippen LogP contribution in [0.3, 0.4) is 0 Å². The highest BCUT2D eigenvalue weighted by atomic mass is 32.2. The third-order valence-corrected chi connectivity index (χ3v) is 6.35. The molecule has 2 aromatic rings. The fourth-order valence-electron chi connectivity index (χ4n) is 3.86. The van der Waals surface area contributed by atoms with Gasteiger partial charge in [-0.1, -0.05) is 37.1 Å². The second-order valence-corrected chi connectivity index (χ2v) is 8.63. The topological polar surface area (TPSA) is 94.2 Å². The SMILES string of the molecule is COc1cc(C=C2SC(=Nc3ccccc3)N(C3CCCC3)C2=O)ccc1OCC(N)=O. The van der Waals surface area contributed by atoms with E-state index in [9.17, 15) is 9.59 Å². The second kappa shape index (κ2) is 9.91. The Labute approximate surface area is 191 Å². The Morgan fingerprint density at radius 2 is 1.94 bits per heavy atom. The first kappa shape index (κ1) is 22.0. The van der Waals surface area contributed by atoms with Gasteiger partial charge < -0.3 is 15.2 Å². The smallest absolute Gasteiger partial charge is 0.267 e. The molecule has 0 aromatic heterocycles. The third kappa shape index (κ3) is 4.96. The molecule has 7 nitrogen and oxygen atoms in total. The minimum atomic E-state index is -0.566. The van der Waals surface area contributed by atoms with Crippen molar-refractivity contribution in [2.45, 2.75) is 31.7 Å². The van der Waals surface area contributed by atoms with Gasteiger partial charge in [-0.3, -0.25) is 14.5 Å². The highest BCUT2D eigenvalue weighted by Crippen LogP contribution is 2.39. The normalized spacial score (nSPS) is 19.2. The van der Waals surface area contributed by atoms with Gasteiger partial charge in [0.25, 0.3) is 11.8 Å². The van der Waals surface area contributed by atoms with Crippen LogP contribution in [0.5, 0.6) is 11.5 Å². The van der Waals surface area contributed by atoms with Gasteiger partial charge in [-0.25, -0.2) is 4.99 Å². The van der Waals surface area contributed by atoms with E-state index in [0.717, 1.165) is 36.9 Å². The van der Waals surface area contributed by atoms with Crippen molar-refractivity contribution in [2.24, 2.45) is 10.7 Å². The van der Waals surface area contributed by atoms with E-state index in [1.54, 1.807) is 12.1 Å². The van der Waals surface area contributed by atoms with Gasteiger partial charge in [-0.15, -0.1) is 0 Å². The van der Waals surface area contributed by atoms with Crippen LogP contribution in [0.25, 0.3) is 6.08 Å². The molecule has 0 radical (unpaired) electrons. The number of nitrogens with two attached hydrogens (primary N) is 1. The molecule has 166 valence electrons. The Hall–Kier alpha value is -3.26. The molecule has 2 aromatic carbocycles. The number of rotatable bonds is 7. The minimum absolute atomic E-state index is 0.0235. The number of para-hydroxylation sites is 1. The summed E-state index contributed by atoms with van der Waals surface area (Å²) in [5, 5.41) is 0.715. The first-order chi connectivity index (χ1) is 15.5.